The van der Waals surface area contributed by atoms with Gasteiger partial charge in [-0.25, -0.2) is 9.98 Å². The highest BCUT2D eigenvalue weighted by Gasteiger charge is 2.07. The Morgan fingerprint density at radius 3 is 1.19 bits per heavy atom. The first kappa shape index (κ1) is 21.9. The summed E-state index contributed by atoms with van der Waals surface area (Å²) in [4.78, 5) is 7.98. The van der Waals surface area contributed by atoms with E-state index in [0.29, 0.717) is 11.4 Å². The highest BCUT2D eigenvalue weighted by atomic mass is 35.5. The molecule has 0 unspecified atom stereocenters. The van der Waals surface area contributed by atoms with Crippen LogP contribution >= 0.6 is 24.8 Å². The fraction of sp³-hybridized carbons (Fsp3) is 0. The second-order valence-corrected chi connectivity index (χ2v) is 5.33. The molecule has 0 amide bonds. The molecule has 0 atom stereocenters. The number of furan rings is 1. The van der Waals surface area contributed by atoms with E-state index in [1.807, 2.05) is 60.7 Å². The minimum Gasteiger partial charge on any atom is -0.456 e. The van der Waals surface area contributed by atoms with Crippen LogP contribution in [0.25, 0.3) is 22.6 Å². The number of nitrogens with zero attached hydrogens (tertiary/aromatic N) is 2. The second kappa shape index (κ2) is 9.51. The Morgan fingerprint density at radius 1 is 0.556 bits per heavy atom. The molecule has 0 aliphatic heterocycles. The maximum absolute atomic E-state index is 5.93. The summed E-state index contributed by atoms with van der Waals surface area (Å²) >= 11 is 0. The van der Waals surface area contributed by atoms with Gasteiger partial charge in [-0.1, -0.05) is 0 Å². The average Bonchev–Trinajstić information content (AvgIpc) is 3.05. The van der Waals surface area contributed by atoms with Gasteiger partial charge in [0.2, 0.25) is 0 Å². The Hall–Kier alpha value is -3.16. The van der Waals surface area contributed by atoms with Gasteiger partial charge in [-0.15, -0.1) is 24.8 Å². The molecule has 0 radical (unpaired) electrons. The third-order valence-corrected chi connectivity index (χ3v) is 3.43. The van der Waals surface area contributed by atoms with Gasteiger partial charge in [-0.05, 0) is 60.7 Å². The van der Waals surface area contributed by atoms with Crippen LogP contribution < -0.4 is 22.9 Å². The van der Waals surface area contributed by atoms with Crippen molar-refractivity contribution in [2.24, 2.45) is 32.9 Å². The molecule has 0 spiro atoms. The van der Waals surface area contributed by atoms with Crippen LogP contribution in [0.5, 0.6) is 0 Å². The lowest BCUT2D eigenvalue weighted by molar-refractivity contribution is 0.597. The molecule has 1 heterocycles. The van der Waals surface area contributed by atoms with Crippen molar-refractivity contribution in [1.82, 2.24) is 0 Å². The van der Waals surface area contributed by atoms with Gasteiger partial charge in [-0.3, -0.25) is 0 Å². The van der Waals surface area contributed by atoms with Crippen molar-refractivity contribution in [3.8, 4) is 22.6 Å². The summed E-state index contributed by atoms with van der Waals surface area (Å²) in [5.41, 5.74) is 24.7. The molecule has 0 fully saturated rings. The Kier molecular flexibility index (Phi) is 7.71. The van der Waals surface area contributed by atoms with Gasteiger partial charge in [-0.2, -0.15) is 0 Å². The molecule has 0 aliphatic rings. The molecule has 0 saturated carbocycles. The van der Waals surface area contributed by atoms with E-state index in [1.54, 1.807) is 0 Å². The predicted molar refractivity (Wildman–Crippen MR) is 115 cm³/mol. The van der Waals surface area contributed by atoms with Crippen molar-refractivity contribution in [2.45, 2.75) is 0 Å². The zero-order chi connectivity index (χ0) is 17.8. The predicted octanol–water partition coefficient (Wildman–Crippen LogP) is 3.27. The van der Waals surface area contributed by atoms with Crippen molar-refractivity contribution in [3.63, 3.8) is 0 Å². The van der Waals surface area contributed by atoms with Gasteiger partial charge in [0.1, 0.15) is 11.5 Å². The standard InChI is InChI=1S/C18H18N6O.2ClH/c19-17(20)23-13-5-1-11(2-6-13)15-9-10-16(25-15)12-3-7-14(8-4-12)24-18(21)22;;/h1-10H,(H4,19,20,23)(H4,21,22,24);2*1H. The number of halogens is 2. The topological polar surface area (TPSA) is 142 Å². The van der Waals surface area contributed by atoms with Crippen molar-refractivity contribution in [1.29, 1.82) is 0 Å². The summed E-state index contributed by atoms with van der Waals surface area (Å²) in [6.07, 6.45) is 0. The van der Waals surface area contributed by atoms with E-state index in [9.17, 15) is 0 Å². The molecular formula is C18H20Cl2N6O. The van der Waals surface area contributed by atoms with E-state index >= 15 is 0 Å². The van der Waals surface area contributed by atoms with Crippen LogP contribution in [0.15, 0.2) is 75.1 Å². The fourth-order valence-electron chi connectivity index (χ4n) is 2.35. The van der Waals surface area contributed by atoms with Crippen LogP contribution in [0.2, 0.25) is 0 Å². The van der Waals surface area contributed by atoms with Gasteiger partial charge in [0.15, 0.2) is 11.9 Å². The van der Waals surface area contributed by atoms with Crippen molar-refractivity contribution in [3.05, 3.63) is 60.7 Å². The van der Waals surface area contributed by atoms with Crippen molar-refractivity contribution in [2.75, 3.05) is 0 Å². The first-order valence-electron chi connectivity index (χ1n) is 7.51. The van der Waals surface area contributed by atoms with E-state index in [2.05, 4.69) is 9.98 Å². The molecule has 9 heteroatoms. The van der Waals surface area contributed by atoms with Crippen molar-refractivity contribution >= 4 is 48.1 Å². The number of benzene rings is 2. The number of aliphatic imine (C=N–C) groups is 2. The van der Waals surface area contributed by atoms with E-state index in [0.717, 1.165) is 22.6 Å². The van der Waals surface area contributed by atoms with Crippen LogP contribution in [0.3, 0.4) is 0 Å². The summed E-state index contributed by atoms with van der Waals surface area (Å²) < 4.78 is 5.93. The van der Waals surface area contributed by atoms with Crippen LogP contribution in [-0.2, 0) is 0 Å². The smallest absolute Gasteiger partial charge is 0.191 e. The highest BCUT2D eigenvalue weighted by Crippen LogP contribution is 2.30. The Balaban J connectivity index is 0.00000182. The summed E-state index contributed by atoms with van der Waals surface area (Å²) in [5, 5.41) is 0. The molecule has 3 rings (SSSR count). The normalized spacial score (nSPS) is 9.48. The third kappa shape index (κ3) is 5.67. The van der Waals surface area contributed by atoms with E-state index in [-0.39, 0.29) is 36.7 Å². The minimum absolute atomic E-state index is 0. The number of guanidine groups is 2. The number of hydrogen-bond acceptors (Lipinski definition) is 3. The quantitative estimate of drug-likeness (QED) is 0.388. The lowest BCUT2D eigenvalue weighted by atomic mass is 10.1. The molecule has 8 N–H and O–H groups in total. The molecule has 2 aromatic carbocycles. The molecule has 0 saturated heterocycles. The van der Waals surface area contributed by atoms with Crippen LogP contribution in [0.1, 0.15) is 0 Å². The van der Waals surface area contributed by atoms with E-state index in [4.69, 9.17) is 27.4 Å². The van der Waals surface area contributed by atoms with E-state index < -0.39 is 0 Å². The molecule has 27 heavy (non-hydrogen) atoms. The number of nitrogens with two attached hydrogens (primary N) is 4. The maximum atomic E-state index is 5.93. The molecule has 7 nitrogen and oxygen atoms in total. The van der Waals surface area contributed by atoms with Gasteiger partial charge in [0.05, 0.1) is 11.4 Å². The van der Waals surface area contributed by atoms with Gasteiger partial charge >= 0.3 is 0 Å². The Bertz CT molecular complexity index is 849. The molecule has 3 aromatic rings. The van der Waals surface area contributed by atoms with Gasteiger partial charge < -0.3 is 27.4 Å². The van der Waals surface area contributed by atoms with Crippen LogP contribution in [0.4, 0.5) is 11.4 Å². The Labute approximate surface area is 169 Å². The SMILES string of the molecule is Cl.Cl.NC(N)=Nc1ccc(-c2ccc(-c3ccc(N=C(N)N)cc3)o2)cc1. The molecule has 1 aromatic heterocycles. The van der Waals surface area contributed by atoms with Gasteiger partial charge in [0, 0.05) is 11.1 Å². The average molecular weight is 407 g/mol. The number of hydrogen-bond donors (Lipinski definition) is 4. The summed E-state index contributed by atoms with van der Waals surface area (Å²) in [6, 6.07) is 18.7. The summed E-state index contributed by atoms with van der Waals surface area (Å²) in [5.74, 6) is 1.55. The van der Waals surface area contributed by atoms with Crippen molar-refractivity contribution < 1.29 is 4.42 Å². The number of rotatable bonds is 4. The first-order valence-corrected chi connectivity index (χ1v) is 7.51. The third-order valence-electron chi connectivity index (χ3n) is 3.43. The fourth-order valence-corrected chi connectivity index (χ4v) is 2.35. The zero-order valence-electron chi connectivity index (χ0n) is 14.2. The van der Waals surface area contributed by atoms with Crippen LogP contribution in [-0.4, -0.2) is 11.9 Å². The lowest BCUT2D eigenvalue weighted by Gasteiger charge is -2.01. The van der Waals surface area contributed by atoms with E-state index in [1.165, 1.54) is 0 Å². The summed E-state index contributed by atoms with van der Waals surface area (Å²) in [7, 11) is 0. The molecule has 0 aliphatic carbocycles. The monoisotopic (exact) mass is 406 g/mol. The maximum Gasteiger partial charge on any atom is 0.191 e. The molecule has 0 bridgehead atoms. The van der Waals surface area contributed by atoms with Crippen LogP contribution in [0, 0.1) is 0 Å². The molecule has 142 valence electrons. The largest absolute Gasteiger partial charge is 0.456 e. The zero-order valence-corrected chi connectivity index (χ0v) is 15.8. The first-order chi connectivity index (χ1) is 12.0. The molecular weight excluding hydrogens is 387 g/mol. The lowest BCUT2D eigenvalue weighted by Crippen LogP contribution is -2.21. The Morgan fingerprint density at radius 2 is 0.889 bits per heavy atom. The summed E-state index contributed by atoms with van der Waals surface area (Å²) in [6.45, 7) is 0. The minimum atomic E-state index is 0. The highest BCUT2D eigenvalue weighted by molar-refractivity contribution is 5.85. The second-order valence-electron chi connectivity index (χ2n) is 5.33. The van der Waals surface area contributed by atoms with Gasteiger partial charge in [0.25, 0.3) is 0 Å².